The standard InChI is InChI=1S/C20H31N3O2/c1-16(2)23-12-6-5-8-18(23)10-11-21-20(24)22-13-14-25-19-9-4-3-7-17(19)15-22/h3-4,7,9,16,18H,5-6,8,10-15H2,1-2H3,(H,21,24). The summed E-state index contributed by atoms with van der Waals surface area (Å²) in [4.78, 5) is 17.0. The highest BCUT2D eigenvalue weighted by atomic mass is 16.5. The second-order valence-corrected chi connectivity index (χ2v) is 7.38. The molecule has 1 aromatic rings. The van der Waals surface area contributed by atoms with E-state index in [0.29, 0.717) is 31.8 Å². The first-order chi connectivity index (χ1) is 12.1. The third-order valence-electron chi connectivity index (χ3n) is 5.33. The molecule has 2 aliphatic heterocycles. The molecule has 1 unspecified atom stereocenters. The van der Waals surface area contributed by atoms with E-state index in [2.05, 4.69) is 24.1 Å². The van der Waals surface area contributed by atoms with E-state index < -0.39 is 0 Å². The van der Waals surface area contributed by atoms with E-state index in [-0.39, 0.29) is 6.03 Å². The van der Waals surface area contributed by atoms with Gasteiger partial charge in [0.2, 0.25) is 0 Å². The van der Waals surface area contributed by atoms with Crippen LogP contribution in [0.5, 0.6) is 5.75 Å². The van der Waals surface area contributed by atoms with E-state index in [9.17, 15) is 4.79 Å². The summed E-state index contributed by atoms with van der Waals surface area (Å²) >= 11 is 0. The summed E-state index contributed by atoms with van der Waals surface area (Å²) in [7, 11) is 0. The van der Waals surface area contributed by atoms with Crippen LogP contribution in [0.1, 0.15) is 45.1 Å². The highest BCUT2D eigenvalue weighted by molar-refractivity contribution is 5.74. The molecular weight excluding hydrogens is 314 g/mol. The van der Waals surface area contributed by atoms with Crippen LogP contribution in [0, 0.1) is 0 Å². The predicted octanol–water partition coefficient (Wildman–Crippen LogP) is 3.24. The number of urea groups is 1. The Bertz CT molecular complexity index is 576. The Balaban J connectivity index is 1.49. The van der Waals surface area contributed by atoms with Gasteiger partial charge < -0.3 is 15.0 Å². The molecule has 5 nitrogen and oxygen atoms in total. The van der Waals surface area contributed by atoms with Gasteiger partial charge in [0.15, 0.2) is 0 Å². The molecule has 2 aliphatic rings. The van der Waals surface area contributed by atoms with Gasteiger partial charge in [-0.05, 0) is 45.7 Å². The quantitative estimate of drug-likeness (QED) is 0.911. The van der Waals surface area contributed by atoms with Gasteiger partial charge in [-0.15, -0.1) is 0 Å². The van der Waals surface area contributed by atoms with Gasteiger partial charge in [0.1, 0.15) is 12.4 Å². The number of hydrogen-bond acceptors (Lipinski definition) is 3. The van der Waals surface area contributed by atoms with E-state index in [1.54, 1.807) is 0 Å². The van der Waals surface area contributed by atoms with Crippen LogP contribution in [0.25, 0.3) is 0 Å². The van der Waals surface area contributed by atoms with Crippen molar-refractivity contribution in [2.45, 2.75) is 58.2 Å². The minimum Gasteiger partial charge on any atom is -0.491 e. The summed E-state index contributed by atoms with van der Waals surface area (Å²) in [6.45, 7) is 8.26. The van der Waals surface area contributed by atoms with Gasteiger partial charge in [-0.25, -0.2) is 4.79 Å². The predicted molar refractivity (Wildman–Crippen MR) is 99.8 cm³/mol. The van der Waals surface area contributed by atoms with Crippen molar-refractivity contribution in [3.05, 3.63) is 29.8 Å². The summed E-state index contributed by atoms with van der Waals surface area (Å²) in [5, 5.41) is 3.12. The molecule has 0 bridgehead atoms. The summed E-state index contributed by atoms with van der Waals surface area (Å²) in [5.41, 5.74) is 1.08. The number of para-hydroxylation sites is 1. The van der Waals surface area contributed by atoms with Gasteiger partial charge in [-0.1, -0.05) is 24.6 Å². The fraction of sp³-hybridized carbons (Fsp3) is 0.650. The Morgan fingerprint density at radius 1 is 1.28 bits per heavy atom. The van der Waals surface area contributed by atoms with E-state index in [1.165, 1.54) is 25.8 Å². The zero-order valence-electron chi connectivity index (χ0n) is 15.5. The van der Waals surface area contributed by atoms with Gasteiger partial charge in [-0.3, -0.25) is 4.90 Å². The molecular formula is C20H31N3O2. The number of benzene rings is 1. The third-order valence-corrected chi connectivity index (χ3v) is 5.33. The second kappa shape index (κ2) is 8.56. The molecule has 1 fully saturated rings. The SMILES string of the molecule is CC(C)N1CCCCC1CCNC(=O)N1CCOc2ccccc2C1. The number of amides is 2. The van der Waals surface area contributed by atoms with Crippen molar-refractivity contribution < 1.29 is 9.53 Å². The largest absolute Gasteiger partial charge is 0.491 e. The number of nitrogens with zero attached hydrogens (tertiary/aromatic N) is 2. The molecule has 0 radical (unpaired) electrons. The Morgan fingerprint density at radius 2 is 2.12 bits per heavy atom. The Labute approximate surface area is 151 Å². The van der Waals surface area contributed by atoms with Crippen molar-refractivity contribution in [3.8, 4) is 5.75 Å². The average Bonchev–Trinajstić information content (AvgIpc) is 2.84. The first-order valence-electron chi connectivity index (χ1n) is 9.64. The van der Waals surface area contributed by atoms with Crippen molar-refractivity contribution in [2.75, 3.05) is 26.2 Å². The average molecular weight is 345 g/mol. The lowest BCUT2D eigenvalue weighted by molar-refractivity contribution is 0.105. The molecule has 0 saturated carbocycles. The monoisotopic (exact) mass is 345 g/mol. The van der Waals surface area contributed by atoms with Crippen LogP contribution in [-0.4, -0.2) is 54.2 Å². The number of ether oxygens (including phenoxy) is 1. The lowest BCUT2D eigenvalue weighted by Crippen LogP contribution is -2.46. The Kier molecular flexibility index (Phi) is 6.19. The summed E-state index contributed by atoms with van der Waals surface area (Å²) in [6, 6.07) is 9.17. The Hall–Kier alpha value is -1.75. The zero-order chi connectivity index (χ0) is 17.6. The van der Waals surface area contributed by atoms with Crippen LogP contribution in [0.2, 0.25) is 0 Å². The van der Waals surface area contributed by atoms with Crippen LogP contribution in [0.15, 0.2) is 24.3 Å². The molecule has 5 heteroatoms. The van der Waals surface area contributed by atoms with E-state index >= 15 is 0 Å². The van der Waals surface area contributed by atoms with Crippen LogP contribution < -0.4 is 10.1 Å². The van der Waals surface area contributed by atoms with Gasteiger partial charge >= 0.3 is 6.03 Å². The van der Waals surface area contributed by atoms with E-state index in [4.69, 9.17) is 4.74 Å². The number of hydrogen-bond donors (Lipinski definition) is 1. The molecule has 3 rings (SSSR count). The summed E-state index contributed by atoms with van der Waals surface area (Å²) in [5.74, 6) is 0.896. The fourth-order valence-corrected chi connectivity index (χ4v) is 3.97. The first kappa shape index (κ1) is 18.1. The number of carbonyl (C=O) groups is 1. The number of carbonyl (C=O) groups excluding carboxylic acids is 1. The van der Waals surface area contributed by atoms with Crippen molar-refractivity contribution >= 4 is 6.03 Å². The highest BCUT2D eigenvalue weighted by Crippen LogP contribution is 2.23. The molecule has 25 heavy (non-hydrogen) atoms. The molecule has 1 saturated heterocycles. The van der Waals surface area contributed by atoms with Crippen LogP contribution >= 0.6 is 0 Å². The minimum absolute atomic E-state index is 0.0206. The molecule has 0 aromatic heterocycles. The number of nitrogens with one attached hydrogen (secondary N) is 1. The topological polar surface area (TPSA) is 44.8 Å². The number of likely N-dealkylation sites (tertiary alicyclic amines) is 1. The minimum atomic E-state index is 0.0206. The zero-order valence-corrected chi connectivity index (χ0v) is 15.5. The highest BCUT2D eigenvalue weighted by Gasteiger charge is 2.25. The van der Waals surface area contributed by atoms with Gasteiger partial charge in [0, 0.05) is 24.2 Å². The van der Waals surface area contributed by atoms with Crippen molar-refractivity contribution in [3.63, 3.8) is 0 Å². The normalized spacial score (nSPS) is 21.4. The molecule has 0 spiro atoms. The second-order valence-electron chi connectivity index (χ2n) is 7.38. The smallest absolute Gasteiger partial charge is 0.317 e. The van der Waals surface area contributed by atoms with E-state index in [1.807, 2.05) is 29.2 Å². The van der Waals surface area contributed by atoms with Crippen LogP contribution in [0.4, 0.5) is 4.79 Å². The van der Waals surface area contributed by atoms with Crippen LogP contribution in [0.3, 0.4) is 0 Å². The molecule has 1 atom stereocenters. The maximum atomic E-state index is 12.6. The number of piperidine rings is 1. The van der Waals surface area contributed by atoms with Crippen molar-refractivity contribution in [2.24, 2.45) is 0 Å². The molecule has 1 aromatic carbocycles. The van der Waals surface area contributed by atoms with E-state index in [0.717, 1.165) is 24.3 Å². The first-order valence-corrected chi connectivity index (χ1v) is 9.64. The number of fused-ring (bicyclic) bond motifs is 1. The molecule has 2 heterocycles. The molecule has 138 valence electrons. The maximum absolute atomic E-state index is 12.6. The number of rotatable bonds is 4. The van der Waals surface area contributed by atoms with Crippen LogP contribution in [-0.2, 0) is 6.54 Å². The summed E-state index contributed by atoms with van der Waals surface area (Å²) < 4.78 is 5.74. The lowest BCUT2D eigenvalue weighted by Gasteiger charge is -2.38. The molecule has 0 aliphatic carbocycles. The summed E-state index contributed by atoms with van der Waals surface area (Å²) in [6.07, 6.45) is 4.89. The van der Waals surface area contributed by atoms with Crippen molar-refractivity contribution in [1.29, 1.82) is 0 Å². The van der Waals surface area contributed by atoms with Gasteiger partial charge in [0.05, 0.1) is 13.1 Å². The third kappa shape index (κ3) is 4.66. The van der Waals surface area contributed by atoms with Gasteiger partial charge in [-0.2, -0.15) is 0 Å². The Morgan fingerprint density at radius 3 is 2.96 bits per heavy atom. The maximum Gasteiger partial charge on any atom is 0.317 e. The molecule has 1 N–H and O–H groups in total. The fourth-order valence-electron chi connectivity index (χ4n) is 3.97. The molecule has 2 amide bonds. The van der Waals surface area contributed by atoms with Gasteiger partial charge in [0.25, 0.3) is 0 Å². The lowest BCUT2D eigenvalue weighted by atomic mass is 9.98. The van der Waals surface area contributed by atoms with Crippen molar-refractivity contribution in [1.82, 2.24) is 15.1 Å².